The average molecular weight is 1170 g/mol. The fraction of sp³-hybridized carbons (Fsp3) is 0.729. The van der Waals surface area contributed by atoms with Gasteiger partial charge in [0.2, 0.25) is 35.4 Å². The van der Waals surface area contributed by atoms with E-state index in [-0.39, 0.29) is 79.8 Å². The first-order chi connectivity index (χ1) is 38.7. The van der Waals surface area contributed by atoms with E-state index in [2.05, 4.69) is 26.6 Å². The van der Waals surface area contributed by atoms with Crippen molar-refractivity contribution in [3.05, 3.63) is 29.8 Å². The summed E-state index contributed by atoms with van der Waals surface area (Å²) in [5, 5.41) is 26.4. The van der Waals surface area contributed by atoms with E-state index in [4.69, 9.17) is 14.2 Å². The van der Waals surface area contributed by atoms with Crippen molar-refractivity contribution >= 4 is 71.0 Å². The van der Waals surface area contributed by atoms with Crippen LogP contribution in [0, 0.1) is 29.6 Å². The van der Waals surface area contributed by atoms with E-state index in [0.717, 1.165) is 12.2 Å². The largest absolute Gasteiger partial charge is 0.497 e. The zero-order valence-electron chi connectivity index (χ0n) is 50.3. The number of unbranched alkanes of at least 4 members (excludes halogenated alkanes) is 1. The fourth-order valence-electron chi connectivity index (χ4n) is 11.2. The number of rotatable bonds is 18. The Kier molecular flexibility index (Phi) is 24.9. The van der Waals surface area contributed by atoms with Crippen LogP contribution in [0.1, 0.15) is 139 Å². The highest BCUT2D eigenvalue weighted by molar-refractivity contribution is 8.00. The molecular formula is C59H92N8O14S. The number of thioether (sulfide) groups is 1. The van der Waals surface area contributed by atoms with Gasteiger partial charge in [0, 0.05) is 44.5 Å². The number of aliphatic hydroxyl groups is 1. The van der Waals surface area contributed by atoms with E-state index in [1.807, 2.05) is 27.7 Å². The van der Waals surface area contributed by atoms with Crippen LogP contribution in [0.5, 0.6) is 5.75 Å². The molecule has 0 aliphatic carbocycles. The van der Waals surface area contributed by atoms with Gasteiger partial charge in [0.15, 0.2) is 11.9 Å². The molecule has 82 heavy (non-hydrogen) atoms. The molecule has 4 heterocycles. The van der Waals surface area contributed by atoms with Gasteiger partial charge in [-0.25, -0.2) is 9.59 Å². The number of ether oxygens (including phenoxy) is 3. The molecule has 1 aromatic carbocycles. The zero-order chi connectivity index (χ0) is 60.9. The molecule has 5 rings (SSSR count). The Balaban J connectivity index is 1.54. The second-order valence-corrected chi connectivity index (χ2v) is 25.3. The number of hydrogen-bond acceptors (Lipinski definition) is 15. The number of methoxy groups -OCH3 is 1. The number of nitrogens with zero attached hydrogens (tertiary/aromatic N) is 3. The summed E-state index contributed by atoms with van der Waals surface area (Å²) < 4.78 is 17.3. The number of hydrogen-bond donors (Lipinski definition) is 6. The molecule has 4 saturated heterocycles. The van der Waals surface area contributed by atoms with Crippen LogP contribution in [0.3, 0.4) is 0 Å². The number of nitrogens with one attached hydrogen (secondary N) is 5. The lowest BCUT2D eigenvalue weighted by molar-refractivity contribution is -0.163. The van der Waals surface area contributed by atoms with Gasteiger partial charge < -0.3 is 60.6 Å². The van der Waals surface area contributed by atoms with E-state index >= 15 is 4.79 Å². The molecule has 458 valence electrons. The average Bonchev–Trinajstić information content (AvgIpc) is 4.22. The highest BCUT2D eigenvalue weighted by Gasteiger charge is 2.46. The lowest BCUT2D eigenvalue weighted by Gasteiger charge is -2.36. The Labute approximate surface area is 488 Å². The van der Waals surface area contributed by atoms with Crippen LogP contribution in [0.4, 0.5) is 4.79 Å². The second kappa shape index (κ2) is 30.5. The van der Waals surface area contributed by atoms with E-state index in [1.165, 1.54) is 49.8 Å². The number of Topliss-reactive ketones (excluding diaryl/α,β-unsaturated/α-hetero) is 1. The number of ketones is 1. The van der Waals surface area contributed by atoms with Crippen LogP contribution in [-0.4, -0.2) is 184 Å². The molecular weight excluding hydrogens is 1080 g/mol. The van der Waals surface area contributed by atoms with Crippen LogP contribution in [0.15, 0.2) is 24.3 Å². The Morgan fingerprint density at radius 2 is 1.57 bits per heavy atom. The minimum absolute atomic E-state index is 0.0194. The van der Waals surface area contributed by atoms with Gasteiger partial charge in [-0.2, -0.15) is 11.8 Å². The molecule has 4 aliphatic rings. The Hall–Kier alpha value is -5.97. The van der Waals surface area contributed by atoms with E-state index in [9.17, 15) is 48.3 Å². The predicted octanol–water partition coefficient (Wildman–Crippen LogP) is 3.67. The standard InChI is InChI=1S/C59H92N8O14S/c1-14-34(8)48-44(68)29-47(70)81-52(33(6)7)51(71)35(9)53(72)60-39(26-31(2)3)56(75)67-25-17-18-41(67)57(76)66(12)43(28-37-21-23-38(79-13)24-22-37)58(77)80-36(10)49(55(74)62-48)63-54(73)42(27-32(4)5)65(11)46(69)20-16-15-19-45-50-40(30-82-45)61-59(78)64-50/h21-24,31-36,39-45,48-50,52,68H,14-20,25-30H2,1-13H3,(H,60,72)(H,62,74)(H,63,73)(H2,61,64,78)/t34-,35-,36+,39-,40?,41?,42+,43-,44-,45?,48+,49-,50?,52-/m0/s1. The molecule has 1 aromatic rings. The number of benzene rings is 1. The van der Waals surface area contributed by atoms with Crippen LogP contribution in [-0.2, 0) is 59.0 Å². The third-order valence-corrected chi connectivity index (χ3v) is 17.9. The maximum absolute atomic E-state index is 15.0. The highest BCUT2D eigenvalue weighted by Crippen LogP contribution is 2.34. The predicted molar refractivity (Wildman–Crippen MR) is 308 cm³/mol. The molecule has 8 amide bonds. The van der Waals surface area contributed by atoms with Crippen LogP contribution in [0.25, 0.3) is 0 Å². The van der Waals surface area contributed by atoms with Crippen molar-refractivity contribution in [2.75, 3.05) is 33.5 Å². The number of fused-ring (bicyclic) bond motifs is 2. The number of urea groups is 1. The van der Waals surface area contributed by atoms with Crippen molar-refractivity contribution in [3.63, 3.8) is 0 Å². The van der Waals surface area contributed by atoms with E-state index in [1.54, 1.807) is 63.7 Å². The normalized spacial score (nSPS) is 29.0. The Morgan fingerprint density at radius 1 is 0.890 bits per heavy atom. The molecule has 0 bridgehead atoms. The zero-order valence-corrected chi connectivity index (χ0v) is 51.1. The lowest BCUT2D eigenvalue weighted by atomic mass is 9.91. The van der Waals surface area contributed by atoms with Crippen molar-refractivity contribution in [1.29, 1.82) is 0 Å². The minimum atomic E-state index is -1.70. The van der Waals surface area contributed by atoms with Gasteiger partial charge in [0.25, 0.3) is 0 Å². The number of likely N-dealkylation sites (N-methyl/N-ethyl adjacent to an activating group) is 2. The molecule has 22 nitrogen and oxygen atoms in total. The summed E-state index contributed by atoms with van der Waals surface area (Å²) in [5.74, 6) is -8.10. The van der Waals surface area contributed by atoms with Crippen LogP contribution < -0.4 is 31.3 Å². The SMILES string of the molecule is CC[C@H](C)[C@H]1NC(=O)[C@@H](NC(=O)[C@@H](CC(C)C)N(C)C(=O)CCCCC2SCC3NC(=O)NC32)[C@@H](C)OC(=O)[C@H](Cc2ccc(OC)cc2)N(C)C(=O)C2CCCN2C(=O)[C@H](CC(C)C)NC(=O)[C@@H](C)C(=O)[C@H](C(C)C)OC(=O)C[C@@H]1O. The molecule has 4 aliphatic heterocycles. The summed E-state index contributed by atoms with van der Waals surface area (Å²) in [6.07, 6.45) is -1.90. The van der Waals surface area contributed by atoms with Crippen molar-refractivity contribution in [1.82, 2.24) is 41.3 Å². The minimum Gasteiger partial charge on any atom is -0.497 e. The van der Waals surface area contributed by atoms with Crippen molar-refractivity contribution in [2.45, 2.75) is 212 Å². The number of cyclic esters (lactones) is 2. The van der Waals surface area contributed by atoms with Gasteiger partial charge in [-0.1, -0.05) is 80.4 Å². The van der Waals surface area contributed by atoms with Gasteiger partial charge in [-0.3, -0.25) is 38.4 Å². The van der Waals surface area contributed by atoms with Gasteiger partial charge in [-0.05, 0) is 93.7 Å². The van der Waals surface area contributed by atoms with Gasteiger partial charge in [0.05, 0.1) is 43.7 Å². The lowest BCUT2D eigenvalue weighted by Crippen LogP contribution is -2.61. The highest BCUT2D eigenvalue weighted by atomic mass is 32.2. The number of aliphatic hydroxyl groups excluding tert-OH is 1. The first-order valence-electron chi connectivity index (χ1n) is 29.3. The summed E-state index contributed by atoms with van der Waals surface area (Å²) in [6.45, 7) is 17.2. The van der Waals surface area contributed by atoms with Crippen LogP contribution in [0.2, 0.25) is 0 Å². The molecule has 4 unspecified atom stereocenters. The summed E-state index contributed by atoms with van der Waals surface area (Å²) in [7, 11) is 4.45. The molecule has 6 N–H and O–H groups in total. The Morgan fingerprint density at radius 3 is 2.20 bits per heavy atom. The summed E-state index contributed by atoms with van der Waals surface area (Å²) in [6, 6.07) is -0.891. The van der Waals surface area contributed by atoms with Gasteiger partial charge >= 0.3 is 18.0 Å². The first kappa shape index (κ1) is 66.8. The number of carbonyl (C=O) groups excluding carboxylic acids is 10. The molecule has 0 spiro atoms. The quantitative estimate of drug-likeness (QED) is 0.0529. The molecule has 4 fully saturated rings. The molecule has 0 saturated carbocycles. The monoisotopic (exact) mass is 1170 g/mol. The maximum atomic E-state index is 15.0. The van der Waals surface area contributed by atoms with Gasteiger partial charge in [-0.15, -0.1) is 0 Å². The third kappa shape index (κ3) is 17.5. The van der Waals surface area contributed by atoms with Crippen LogP contribution >= 0.6 is 11.8 Å². The van der Waals surface area contributed by atoms with E-state index in [0.29, 0.717) is 37.0 Å². The Bertz CT molecular complexity index is 2430. The van der Waals surface area contributed by atoms with Gasteiger partial charge in [0.1, 0.15) is 42.1 Å². The number of esters is 2. The molecule has 23 heteroatoms. The van der Waals surface area contributed by atoms with E-state index < -0.39 is 126 Å². The first-order valence-corrected chi connectivity index (χ1v) is 30.4. The van der Waals surface area contributed by atoms with Crippen molar-refractivity contribution in [2.24, 2.45) is 29.6 Å². The summed E-state index contributed by atoms with van der Waals surface area (Å²) in [5.41, 5.74) is 0.594. The van der Waals surface area contributed by atoms with Crippen molar-refractivity contribution < 1.29 is 67.3 Å². The molecule has 0 aromatic heterocycles. The fourth-order valence-corrected chi connectivity index (χ4v) is 12.8. The third-order valence-electron chi connectivity index (χ3n) is 16.4. The van der Waals surface area contributed by atoms with Crippen molar-refractivity contribution in [3.8, 4) is 5.75 Å². The maximum Gasteiger partial charge on any atom is 0.329 e. The number of amides is 8. The summed E-state index contributed by atoms with van der Waals surface area (Å²) >= 11 is 1.78. The number of carbonyl (C=O) groups is 10. The molecule has 14 atom stereocenters. The molecule has 0 radical (unpaired) electrons. The topological polar surface area (TPSA) is 288 Å². The second-order valence-electron chi connectivity index (χ2n) is 24.0. The smallest absolute Gasteiger partial charge is 0.329 e. The summed E-state index contributed by atoms with van der Waals surface area (Å²) in [4.78, 5) is 146.